The molecule has 6 heteroatoms. The molecule has 0 aliphatic heterocycles. The van der Waals surface area contributed by atoms with Crippen molar-refractivity contribution in [1.82, 2.24) is 9.71 Å². The maximum absolute atomic E-state index is 11.8. The van der Waals surface area contributed by atoms with E-state index in [9.17, 15) is 8.42 Å². The Morgan fingerprint density at radius 2 is 2.27 bits per heavy atom. The van der Waals surface area contributed by atoms with Gasteiger partial charge in [0, 0.05) is 12.2 Å². The van der Waals surface area contributed by atoms with Crippen LogP contribution in [0, 0.1) is 5.92 Å². The van der Waals surface area contributed by atoms with E-state index in [-0.39, 0.29) is 16.1 Å². The third kappa shape index (κ3) is 2.30. The smallest absolute Gasteiger partial charge is 0.243 e. The molecule has 1 saturated carbocycles. The van der Waals surface area contributed by atoms with E-state index in [0.29, 0.717) is 5.92 Å². The Labute approximate surface area is 93.7 Å². The molecule has 1 aliphatic rings. The molecule has 2 rings (SSSR count). The quantitative estimate of drug-likeness (QED) is 0.821. The predicted molar refractivity (Wildman–Crippen MR) is 57.1 cm³/mol. The highest BCUT2D eigenvalue weighted by Crippen LogP contribution is 2.31. The van der Waals surface area contributed by atoms with Gasteiger partial charge in [0.1, 0.15) is 10.0 Å². The van der Waals surface area contributed by atoms with Crippen LogP contribution in [-0.4, -0.2) is 19.4 Å². The molecular formula is C9H11ClN2O2S. The number of rotatable bonds is 3. The summed E-state index contributed by atoms with van der Waals surface area (Å²) in [6, 6.07) is 3.05. The number of hydrogen-bond acceptors (Lipinski definition) is 3. The molecule has 0 amide bonds. The maximum atomic E-state index is 11.8. The maximum Gasteiger partial charge on any atom is 0.243 e. The Morgan fingerprint density at radius 1 is 1.60 bits per heavy atom. The van der Waals surface area contributed by atoms with E-state index in [4.69, 9.17) is 11.6 Å². The summed E-state index contributed by atoms with van der Waals surface area (Å²) in [5, 5.41) is 0.0123. The molecule has 0 saturated heterocycles. The minimum atomic E-state index is -3.51. The molecule has 1 heterocycles. The van der Waals surface area contributed by atoms with Crippen LogP contribution >= 0.6 is 11.6 Å². The third-order valence-electron chi connectivity index (χ3n) is 2.43. The van der Waals surface area contributed by atoms with Crippen LogP contribution in [0.15, 0.2) is 23.2 Å². The Hall–Kier alpha value is -0.650. The van der Waals surface area contributed by atoms with Gasteiger partial charge in [0.05, 0.1) is 0 Å². The lowest BCUT2D eigenvalue weighted by Crippen LogP contribution is -2.27. The zero-order chi connectivity index (χ0) is 11.1. The van der Waals surface area contributed by atoms with Crippen molar-refractivity contribution < 1.29 is 8.42 Å². The van der Waals surface area contributed by atoms with E-state index in [0.717, 1.165) is 6.42 Å². The van der Waals surface area contributed by atoms with Crippen molar-refractivity contribution in [3.63, 3.8) is 0 Å². The summed E-state index contributed by atoms with van der Waals surface area (Å²) in [6.45, 7) is 2.00. The first-order valence-corrected chi connectivity index (χ1v) is 6.49. The predicted octanol–water partition coefficient (Wildman–Crippen LogP) is 1.42. The summed E-state index contributed by atoms with van der Waals surface area (Å²) in [5.41, 5.74) is 0. The number of sulfonamides is 1. The topological polar surface area (TPSA) is 59.1 Å². The molecule has 1 aromatic rings. The highest BCUT2D eigenvalue weighted by Gasteiger charge is 2.37. The van der Waals surface area contributed by atoms with E-state index in [1.807, 2.05) is 6.92 Å². The van der Waals surface area contributed by atoms with Gasteiger partial charge in [-0.3, -0.25) is 0 Å². The lowest BCUT2D eigenvalue weighted by molar-refractivity contribution is 0.578. The van der Waals surface area contributed by atoms with Gasteiger partial charge in [-0.1, -0.05) is 18.5 Å². The Bertz CT molecular complexity index is 475. The summed E-state index contributed by atoms with van der Waals surface area (Å²) < 4.78 is 26.2. The molecule has 2 atom stereocenters. The van der Waals surface area contributed by atoms with Crippen molar-refractivity contribution in [3.8, 4) is 0 Å². The zero-order valence-electron chi connectivity index (χ0n) is 8.14. The average Bonchev–Trinajstić information content (AvgIpc) is 2.81. The Kier molecular flexibility index (Phi) is 2.70. The first-order chi connectivity index (χ1) is 7.00. The van der Waals surface area contributed by atoms with Crippen LogP contribution in [-0.2, 0) is 10.0 Å². The monoisotopic (exact) mass is 246 g/mol. The van der Waals surface area contributed by atoms with Gasteiger partial charge in [-0.25, -0.2) is 18.1 Å². The number of hydrogen-bond donors (Lipinski definition) is 1. The number of aromatic nitrogens is 1. The highest BCUT2D eigenvalue weighted by molar-refractivity contribution is 7.89. The van der Waals surface area contributed by atoms with Crippen molar-refractivity contribution in [2.24, 2.45) is 5.92 Å². The van der Waals surface area contributed by atoms with Crippen LogP contribution in [0.1, 0.15) is 13.3 Å². The minimum Gasteiger partial charge on any atom is -0.243 e. The first-order valence-electron chi connectivity index (χ1n) is 4.63. The molecular weight excluding hydrogens is 236 g/mol. The van der Waals surface area contributed by atoms with E-state index >= 15 is 0 Å². The number of halogens is 1. The van der Waals surface area contributed by atoms with Crippen LogP contribution in [0.5, 0.6) is 0 Å². The SMILES string of the molecule is CC1CC1NS(=O)(=O)c1cccnc1Cl. The second-order valence-electron chi connectivity index (χ2n) is 3.73. The summed E-state index contributed by atoms with van der Waals surface area (Å²) in [7, 11) is -3.51. The zero-order valence-corrected chi connectivity index (χ0v) is 9.72. The van der Waals surface area contributed by atoms with Crippen LogP contribution in [0.3, 0.4) is 0 Å². The molecule has 4 nitrogen and oxygen atoms in total. The Morgan fingerprint density at radius 3 is 2.80 bits per heavy atom. The van der Waals surface area contributed by atoms with Gasteiger partial charge in [0.25, 0.3) is 0 Å². The van der Waals surface area contributed by atoms with Crippen LogP contribution < -0.4 is 4.72 Å². The normalized spacial score (nSPS) is 25.2. The molecule has 0 spiro atoms. The van der Waals surface area contributed by atoms with Gasteiger partial charge in [-0.05, 0) is 24.5 Å². The molecule has 0 radical (unpaired) electrons. The van der Waals surface area contributed by atoms with Gasteiger partial charge in [-0.15, -0.1) is 0 Å². The third-order valence-corrected chi connectivity index (χ3v) is 4.37. The average molecular weight is 247 g/mol. The molecule has 1 aliphatic carbocycles. The minimum absolute atomic E-state index is 0.0123. The number of pyridine rings is 1. The van der Waals surface area contributed by atoms with Crippen LogP contribution in [0.4, 0.5) is 0 Å². The van der Waals surface area contributed by atoms with E-state index in [2.05, 4.69) is 9.71 Å². The molecule has 1 aromatic heterocycles. The van der Waals surface area contributed by atoms with Crippen LogP contribution in [0.25, 0.3) is 0 Å². The number of nitrogens with zero attached hydrogens (tertiary/aromatic N) is 1. The molecule has 2 unspecified atom stereocenters. The van der Waals surface area contributed by atoms with Crippen molar-refractivity contribution in [2.75, 3.05) is 0 Å². The fraction of sp³-hybridized carbons (Fsp3) is 0.444. The van der Waals surface area contributed by atoms with Crippen molar-refractivity contribution in [2.45, 2.75) is 24.3 Å². The van der Waals surface area contributed by atoms with Crippen molar-refractivity contribution >= 4 is 21.6 Å². The molecule has 82 valence electrons. The van der Waals surface area contributed by atoms with Crippen LogP contribution in [0.2, 0.25) is 5.15 Å². The fourth-order valence-electron chi connectivity index (χ4n) is 1.32. The van der Waals surface area contributed by atoms with Crippen molar-refractivity contribution in [3.05, 3.63) is 23.5 Å². The first kappa shape index (κ1) is 10.9. The second kappa shape index (κ2) is 3.73. The molecule has 0 bridgehead atoms. The lowest BCUT2D eigenvalue weighted by atomic mass is 10.5. The van der Waals surface area contributed by atoms with Gasteiger partial charge in [0.15, 0.2) is 0 Å². The molecule has 1 N–H and O–H groups in total. The summed E-state index contributed by atoms with van der Waals surface area (Å²) in [4.78, 5) is 3.79. The van der Waals surface area contributed by atoms with Gasteiger partial charge in [0.2, 0.25) is 10.0 Å². The molecule has 1 fully saturated rings. The standard InChI is InChI=1S/C9H11ClN2O2S/c1-6-5-7(6)12-15(13,14)8-3-2-4-11-9(8)10/h2-4,6-7,12H,5H2,1H3. The fourth-order valence-corrected chi connectivity index (χ4v) is 3.13. The van der Waals surface area contributed by atoms with Crippen molar-refractivity contribution in [1.29, 1.82) is 0 Å². The second-order valence-corrected chi connectivity index (χ2v) is 5.77. The van der Waals surface area contributed by atoms with E-state index in [1.165, 1.54) is 12.3 Å². The summed E-state index contributed by atoms with van der Waals surface area (Å²) in [5.74, 6) is 0.412. The largest absolute Gasteiger partial charge is 0.243 e. The van der Waals surface area contributed by atoms with E-state index in [1.54, 1.807) is 6.07 Å². The molecule has 15 heavy (non-hydrogen) atoms. The van der Waals surface area contributed by atoms with E-state index < -0.39 is 10.0 Å². The van der Waals surface area contributed by atoms with Gasteiger partial charge < -0.3 is 0 Å². The molecule has 0 aromatic carbocycles. The van der Waals surface area contributed by atoms with Gasteiger partial charge in [-0.2, -0.15) is 0 Å². The number of nitrogens with one attached hydrogen (secondary N) is 1. The van der Waals surface area contributed by atoms with Gasteiger partial charge >= 0.3 is 0 Å². The lowest BCUT2D eigenvalue weighted by Gasteiger charge is -2.06. The Balaban J connectivity index is 2.26. The highest BCUT2D eigenvalue weighted by atomic mass is 35.5. The summed E-state index contributed by atoms with van der Waals surface area (Å²) >= 11 is 5.72. The summed E-state index contributed by atoms with van der Waals surface area (Å²) in [6.07, 6.45) is 2.35.